The molecule has 0 radical (unpaired) electrons. The largest absolute Gasteiger partial charge is 0.491 e. The van der Waals surface area contributed by atoms with E-state index in [-0.39, 0.29) is 35.3 Å². The van der Waals surface area contributed by atoms with Crippen LogP contribution >= 0.6 is 0 Å². The highest BCUT2D eigenvalue weighted by Gasteiger charge is 2.44. The number of imidazole rings is 1. The number of fused-ring (bicyclic) bond motifs is 4. The number of benzene rings is 1. The number of nitrogens with two attached hydrogens (primary N) is 1. The van der Waals surface area contributed by atoms with E-state index in [2.05, 4.69) is 15.0 Å². The Balaban J connectivity index is 1.42. The number of pyridine rings is 1. The molecule has 1 atom stereocenters. The molecule has 174 valence electrons. The maximum absolute atomic E-state index is 15.1. The predicted octanol–water partition coefficient (Wildman–Crippen LogP) is 3.76. The van der Waals surface area contributed by atoms with Gasteiger partial charge in [0.25, 0.3) is 5.91 Å². The van der Waals surface area contributed by atoms with E-state index in [9.17, 15) is 18.0 Å². The van der Waals surface area contributed by atoms with Crippen LogP contribution in [0.3, 0.4) is 0 Å². The van der Waals surface area contributed by atoms with Crippen LogP contribution < -0.4 is 10.5 Å². The van der Waals surface area contributed by atoms with Gasteiger partial charge >= 0.3 is 6.18 Å². The van der Waals surface area contributed by atoms with Gasteiger partial charge in [0.05, 0.1) is 35.2 Å². The fraction of sp³-hybridized carbons (Fsp3) is 0.273. The Hall–Kier alpha value is -3.96. The molecular weight excluding hydrogens is 456 g/mol. The van der Waals surface area contributed by atoms with Crippen LogP contribution in [-0.2, 0) is 6.18 Å². The molecule has 0 bridgehead atoms. The smallest absolute Gasteiger partial charge is 0.433 e. The number of alkyl halides is 3. The molecule has 3 aromatic heterocycles. The van der Waals surface area contributed by atoms with Crippen LogP contribution in [0.1, 0.15) is 40.5 Å². The van der Waals surface area contributed by atoms with Crippen molar-refractivity contribution in [3.63, 3.8) is 0 Å². The molecule has 2 N–H and O–H groups in total. The first-order valence-electron chi connectivity index (χ1n) is 10.5. The zero-order chi connectivity index (χ0) is 23.8. The summed E-state index contributed by atoms with van der Waals surface area (Å²) in [5.74, 6) is -1.18. The number of amides is 1. The Morgan fingerprint density at radius 3 is 2.71 bits per heavy atom. The molecule has 0 unspecified atom stereocenters. The molecule has 0 spiro atoms. The molecule has 8 nitrogen and oxygen atoms in total. The summed E-state index contributed by atoms with van der Waals surface area (Å²) in [6.45, 7) is -0.0420. The third-order valence-corrected chi connectivity index (χ3v) is 6.15. The minimum atomic E-state index is -4.62. The fourth-order valence-corrected chi connectivity index (χ4v) is 4.38. The van der Waals surface area contributed by atoms with Gasteiger partial charge < -0.3 is 15.4 Å². The van der Waals surface area contributed by atoms with Crippen molar-refractivity contribution in [3.8, 4) is 5.75 Å². The summed E-state index contributed by atoms with van der Waals surface area (Å²) in [5.41, 5.74) is 6.24. The molecule has 1 saturated carbocycles. The predicted molar refractivity (Wildman–Crippen MR) is 112 cm³/mol. The number of hydrogen-bond donors (Lipinski definition) is 1. The minimum absolute atomic E-state index is 0.0181. The van der Waals surface area contributed by atoms with Crippen LogP contribution in [0.2, 0.25) is 0 Å². The van der Waals surface area contributed by atoms with E-state index < -0.39 is 29.6 Å². The van der Waals surface area contributed by atoms with Crippen molar-refractivity contribution in [1.29, 1.82) is 0 Å². The Bertz CT molecular complexity index is 1480. The molecule has 34 heavy (non-hydrogen) atoms. The van der Waals surface area contributed by atoms with E-state index in [4.69, 9.17) is 10.5 Å². The van der Waals surface area contributed by atoms with Crippen LogP contribution in [0.4, 0.5) is 23.4 Å². The average Bonchev–Trinajstić information content (AvgIpc) is 3.32. The van der Waals surface area contributed by atoms with Gasteiger partial charge in [-0.2, -0.15) is 13.2 Å². The van der Waals surface area contributed by atoms with Gasteiger partial charge in [0.1, 0.15) is 35.2 Å². The third-order valence-electron chi connectivity index (χ3n) is 6.15. The second-order valence-corrected chi connectivity index (χ2v) is 8.34. The summed E-state index contributed by atoms with van der Waals surface area (Å²) >= 11 is 0. The minimum Gasteiger partial charge on any atom is -0.491 e. The molecule has 2 aliphatic rings. The number of halogens is 4. The summed E-state index contributed by atoms with van der Waals surface area (Å²) in [7, 11) is 0. The number of hydrogen-bond acceptors (Lipinski definition) is 6. The lowest BCUT2D eigenvalue weighted by Crippen LogP contribution is -2.38. The molecule has 1 fully saturated rings. The van der Waals surface area contributed by atoms with Crippen LogP contribution in [0.5, 0.6) is 5.75 Å². The number of nitrogens with zero attached hydrogens (tertiary/aromatic N) is 5. The first kappa shape index (κ1) is 20.6. The van der Waals surface area contributed by atoms with Gasteiger partial charge in [0, 0.05) is 29.9 Å². The van der Waals surface area contributed by atoms with Gasteiger partial charge in [0.2, 0.25) is 0 Å². The number of anilines is 1. The van der Waals surface area contributed by atoms with Crippen molar-refractivity contribution in [1.82, 2.24) is 24.3 Å². The van der Waals surface area contributed by atoms with Crippen molar-refractivity contribution in [2.24, 2.45) is 0 Å². The zero-order valence-corrected chi connectivity index (χ0v) is 17.4. The number of carbonyl (C=O) groups is 1. The molecule has 1 amide bonds. The fourth-order valence-electron chi connectivity index (χ4n) is 4.38. The van der Waals surface area contributed by atoms with E-state index >= 15 is 4.39 Å². The molecule has 12 heteroatoms. The van der Waals surface area contributed by atoms with Crippen LogP contribution in [0.15, 0.2) is 36.9 Å². The molecule has 4 aromatic rings. The maximum atomic E-state index is 15.1. The van der Waals surface area contributed by atoms with Crippen LogP contribution in [0, 0.1) is 5.82 Å². The Labute approximate surface area is 189 Å². The maximum Gasteiger partial charge on any atom is 0.433 e. The average molecular weight is 472 g/mol. The topological polar surface area (TPSA) is 98.6 Å². The lowest BCUT2D eigenvalue weighted by Gasteiger charge is -2.28. The summed E-state index contributed by atoms with van der Waals surface area (Å²) in [4.78, 5) is 26.9. The number of rotatable bonds is 3. The third kappa shape index (κ3) is 3.12. The van der Waals surface area contributed by atoms with Gasteiger partial charge in [-0.25, -0.2) is 14.4 Å². The molecule has 1 aromatic carbocycles. The quantitative estimate of drug-likeness (QED) is 0.456. The van der Waals surface area contributed by atoms with E-state index in [1.165, 1.54) is 23.5 Å². The Morgan fingerprint density at radius 2 is 1.97 bits per heavy atom. The molecule has 1 aliphatic heterocycles. The highest BCUT2D eigenvalue weighted by Crippen LogP contribution is 2.44. The van der Waals surface area contributed by atoms with Crippen molar-refractivity contribution in [2.45, 2.75) is 31.1 Å². The molecule has 4 heterocycles. The van der Waals surface area contributed by atoms with Crippen molar-refractivity contribution < 1.29 is 27.1 Å². The first-order valence-corrected chi connectivity index (χ1v) is 10.5. The van der Waals surface area contributed by atoms with E-state index in [1.54, 1.807) is 4.40 Å². The molecular formula is C22H16F4N6O2. The molecule has 6 rings (SSSR count). The van der Waals surface area contributed by atoms with Gasteiger partial charge in [-0.05, 0) is 18.9 Å². The molecule has 0 saturated heterocycles. The summed E-state index contributed by atoms with van der Waals surface area (Å²) in [6.07, 6.45) is 0.864. The normalized spacial score (nSPS) is 17.7. The van der Waals surface area contributed by atoms with Crippen LogP contribution in [-0.4, -0.2) is 42.8 Å². The zero-order valence-electron chi connectivity index (χ0n) is 17.4. The van der Waals surface area contributed by atoms with E-state index in [0.717, 1.165) is 18.3 Å². The summed E-state index contributed by atoms with van der Waals surface area (Å²) in [6, 6.07) is 2.50. The number of aromatic nitrogens is 4. The molecule has 1 aliphatic carbocycles. The second kappa shape index (κ2) is 7.02. The van der Waals surface area contributed by atoms with Crippen molar-refractivity contribution in [2.75, 3.05) is 12.3 Å². The number of ether oxygens (including phenoxy) is 1. The highest BCUT2D eigenvalue weighted by molar-refractivity contribution is 5.99. The van der Waals surface area contributed by atoms with Crippen molar-refractivity contribution in [3.05, 3.63) is 59.6 Å². The Kier molecular flexibility index (Phi) is 4.26. The highest BCUT2D eigenvalue weighted by atomic mass is 19.4. The summed E-state index contributed by atoms with van der Waals surface area (Å²) < 4.78 is 61.3. The monoisotopic (exact) mass is 472 g/mol. The lowest BCUT2D eigenvalue weighted by molar-refractivity contribution is -0.141. The van der Waals surface area contributed by atoms with E-state index in [0.29, 0.717) is 29.4 Å². The first-order chi connectivity index (χ1) is 16.2. The number of nitrogen functional groups attached to an aromatic ring is 1. The Morgan fingerprint density at radius 1 is 1.18 bits per heavy atom. The van der Waals surface area contributed by atoms with Crippen LogP contribution in [0.25, 0.3) is 16.6 Å². The van der Waals surface area contributed by atoms with E-state index in [1.807, 2.05) is 0 Å². The number of carbonyl (C=O) groups excluding carboxylic acids is 1. The standard InChI is InChI=1S/C22H16F4N6O2/c23-13-4-14-15(31-9-28-7-16(31)20(27)30-14)3-11(13)21(33)32(10-1-2-10)17-8-34-18-5-19(22(24,25)26)29-6-12(17)18/h3-7,9-10,17H,1-2,8H2,(H2,27,30)/t17-/m1/s1. The van der Waals surface area contributed by atoms with Gasteiger partial charge in [0.15, 0.2) is 0 Å². The van der Waals surface area contributed by atoms with Crippen molar-refractivity contribution >= 4 is 28.3 Å². The SMILES string of the molecule is Nc1nc2cc(F)c(C(=O)N(C3CC3)[C@@H]3COc4cc(C(F)(F)F)ncc43)cc2n2cncc12. The van der Waals surface area contributed by atoms with Gasteiger partial charge in [-0.15, -0.1) is 0 Å². The summed E-state index contributed by atoms with van der Waals surface area (Å²) in [5, 5.41) is 0. The van der Waals surface area contributed by atoms with Gasteiger partial charge in [-0.3, -0.25) is 14.2 Å². The lowest BCUT2D eigenvalue weighted by atomic mass is 10.1. The van der Waals surface area contributed by atoms with Gasteiger partial charge in [-0.1, -0.05) is 0 Å². The second-order valence-electron chi connectivity index (χ2n) is 8.34.